The number of amides is 1. The van der Waals surface area contributed by atoms with E-state index in [4.69, 9.17) is 0 Å². The van der Waals surface area contributed by atoms with E-state index in [9.17, 15) is 14.7 Å². The molecule has 0 heterocycles. The van der Waals surface area contributed by atoms with Crippen LogP contribution in [-0.2, 0) is 9.59 Å². The summed E-state index contributed by atoms with van der Waals surface area (Å²) in [5.41, 5.74) is 0.274. The zero-order valence-electron chi connectivity index (χ0n) is 15.0. The van der Waals surface area contributed by atoms with Gasteiger partial charge in [0.1, 0.15) is 0 Å². The van der Waals surface area contributed by atoms with E-state index in [0.29, 0.717) is 0 Å². The Morgan fingerprint density at radius 2 is 1.48 bits per heavy atom. The van der Waals surface area contributed by atoms with E-state index in [0.717, 1.165) is 24.2 Å². The molecule has 6 rings (SSSR count). The highest BCUT2D eigenvalue weighted by Crippen LogP contribution is 2.61. The predicted molar refractivity (Wildman–Crippen MR) is 93.6 cm³/mol. The number of aliphatic carboxylic acids is 1. The molecule has 6 aliphatic rings. The van der Waals surface area contributed by atoms with Crippen molar-refractivity contribution in [3.8, 4) is 0 Å². The number of allylic oxidation sites excluding steroid dienone is 2. The van der Waals surface area contributed by atoms with Crippen LogP contribution in [0.4, 0.5) is 0 Å². The van der Waals surface area contributed by atoms with Gasteiger partial charge in [0.2, 0.25) is 5.91 Å². The van der Waals surface area contributed by atoms with Crippen LogP contribution >= 0.6 is 0 Å². The minimum absolute atomic E-state index is 0.00695. The number of carbonyl (C=O) groups is 2. The number of hydrogen-bond donors (Lipinski definition) is 2. The highest BCUT2D eigenvalue weighted by molar-refractivity contribution is 5.87. The number of carboxylic acids is 1. The summed E-state index contributed by atoms with van der Waals surface area (Å²) >= 11 is 0. The number of carbonyl (C=O) groups excluding carboxylic acids is 1. The minimum atomic E-state index is -0.806. The highest BCUT2D eigenvalue weighted by Gasteiger charge is 2.55. The van der Waals surface area contributed by atoms with Gasteiger partial charge in [0, 0.05) is 6.04 Å². The maximum absolute atomic E-state index is 13.0. The molecule has 2 N–H and O–H groups in total. The van der Waals surface area contributed by atoms with Gasteiger partial charge in [-0.25, -0.2) is 0 Å². The van der Waals surface area contributed by atoms with Crippen molar-refractivity contribution in [3.05, 3.63) is 12.2 Å². The minimum Gasteiger partial charge on any atom is -0.481 e. The average Bonchev–Trinajstić information content (AvgIpc) is 3.14. The molecular formula is C21H29NO3. The molecule has 25 heavy (non-hydrogen) atoms. The van der Waals surface area contributed by atoms with Crippen molar-refractivity contribution in [2.45, 2.75) is 57.9 Å². The molecule has 136 valence electrons. The Hall–Kier alpha value is -1.32. The van der Waals surface area contributed by atoms with Crippen molar-refractivity contribution in [2.24, 2.45) is 46.8 Å². The van der Waals surface area contributed by atoms with Crippen molar-refractivity contribution >= 4 is 11.9 Å². The van der Waals surface area contributed by atoms with E-state index >= 15 is 0 Å². The molecule has 6 aliphatic carbocycles. The van der Waals surface area contributed by atoms with Gasteiger partial charge in [-0.05, 0) is 86.9 Å². The van der Waals surface area contributed by atoms with E-state index in [1.807, 2.05) is 6.08 Å². The van der Waals surface area contributed by atoms with Gasteiger partial charge in [-0.2, -0.15) is 0 Å². The van der Waals surface area contributed by atoms with E-state index < -0.39 is 11.9 Å². The lowest BCUT2D eigenvalue weighted by Crippen LogP contribution is -2.57. The molecule has 0 aromatic carbocycles. The van der Waals surface area contributed by atoms with Crippen LogP contribution in [0.15, 0.2) is 12.2 Å². The number of rotatable bonds is 4. The molecule has 6 bridgehead atoms. The van der Waals surface area contributed by atoms with Crippen molar-refractivity contribution in [1.29, 1.82) is 0 Å². The third-order valence-corrected chi connectivity index (χ3v) is 8.41. The van der Waals surface area contributed by atoms with Crippen molar-refractivity contribution < 1.29 is 14.7 Å². The van der Waals surface area contributed by atoms with Crippen LogP contribution in [0.25, 0.3) is 0 Å². The molecule has 0 unspecified atom stereocenters. The van der Waals surface area contributed by atoms with Crippen molar-refractivity contribution in [3.63, 3.8) is 0 Å². The second-order valence-corrected chi connectivity index (χ2v) is 9.85. The van der Waals surface area contributed by atoms with Crippen molar-refractivity contribution in [1.82, 2.24) is 5.32 Å². The molecule has 0 aliphatic heterocycles. The molecule has 1 amide bonds. The summed E-state index contributed by atoms with van der Waals surface area (Å²) < 4.78 is 0. The summed E-state index contributed by atoms with van der Waals surface area (Å²) in [6, 6.07) is 0.172. The summed E-state index contributed by atoms with van der Waals surface area (Å²) in [6.45, 7) is 2.18. The third kappa shape index (κ3) is 2.32. The lowest BCUT2D eigenvalue weighted by Gasteiger charge is -2.59. The maximum atomic E-state index is 13.0. The molecule has 0 radical (unpaired) electrons. The van der Waals surface area contributed by atoms with Gasteiger partial charge in [0.25, 0.3) is 0 Å². The van der Waals surface area contributed by atoms with Crippen LogP contribution in [0, 0.1) is 46.8 Å². The van der Waals surface area contributed by atoms with Crippen LogP contribution in [0.1, 0.15) is 51.9 Å². The first kappa shape index (κ1) is 15.9. The lowest BCUT2D eigenvalue weighted by atomic mass is 9.48. The molecule has 4 heteroatoms. The fourth-order valence-electron chi connectivity index (χ4n) is 7.69. The molecule has 0 aromatic heterocycles. The highest BCUT2D eigenvalue weighted by atomic mass is 16.4. The number of nitrogens with one attached hydrogen (secondary N) is 1. The smallest absolute Gasteiger partial charge is 0.307 e. The summed E-state index contributed by atoms with van der Waals surface area (Å²) in [5.74, 6) is 1.05. The molecule has 5 fully saturated rings. The van der Waals surface area contributed by atoms with Gasteiger partial charge in [-0.3, -0.25) is 9.59 Å². The maximum Gasteiger partial charge on any atom is 0.307 e. The quantitative estimate of drug-likeness (QED) is 0.770. The fourth-order valence-corrected chi connectivity index (χ4v) is 7.69. The number of fused-ring (bicyclic) bond motifs is 2. The van der Waals surface area contributed by atoms with Gasteiger partial charge in [-0.15, -0.1) is 0 Å². The van der Waals surface area contributed by atoms with E-state index in [2.05, 4.69) is 18.3 Å². The zero-order valence-corrected chi connectivity index (χ0v) is 15.0. The standard InChI is InChI=1S/C21H29NO3/c1-11(21-8-12-4-13(9-21)6-14(5-12)10-21)22-19(23)17-15-2-3-16(7-15)18(17)20(24)25/h2-3,11-18H,4-10H2,1H3,(H,22,23)(H,24,25)/t11-,12?,13?,14?,15+,16-,17+,18-,21?/m0/s1. The Bertz CT molecular complexity index is 604. The van der Waals surface area contributed by atoms with Crippen LogP contribution in [0.3, 0.4) is 0 Å². The third-order valence-electron chi connectivity index (χ3n) is 8.41. The van der Waals surface area contributed by atoms with E-state index in [1.54, 1.807) is 0 Å². The molecule has 0 spiro atoms. The van der Waals surface area contributed by atoms with Crippen LogP contribution in [-0.4, -0.2) is 23.0 Å². The number of carboxylic acid groups (broad SMARTS) is 1. The summed E-state index contributed by atoms with van der Waals surface area (Å²) in [4.78, 5) is 24.7. The molecule has 0 aromatic rings. The normalized spacial score (nSPS) is 50.2. The molecule has 0 saturated heterocycles. The largest absolute Gasteiger partial charge is 0.481 e. The molecule has 4 nitrogen and oxygen atoms in total. The first-order valence-electron chi connectivity index (χ1n) is 10.2. The van der Waals surface area contributed by atoms with Gasteiger partial charge in [0.15, 0.2) is 0 Å². The average molecular weight is 343 g/mol. The summed E-state index contributed by atoms with van der Waals surface area (Å²) in [7, 11) is 0. The summed E-state index contributed by atoms with van der Waals surface area (Å²) in [6.07, 6.45) is 12.9. The number of hydrogen-bond acceptors (Lipinski definition) is 2. The molecule has 5 atom stereocenters. The van der Waals surface area contributed by atoms with Crippen LogP contribution in [0.5, 0.6) is 0 Å². The second kappa shape index (κ2) is 5.34. The fraction of sp³-hybridized carbons (Fsp3) is 0.810. The van der Waals surface area contributed by atoms with Crippen molar-refractivity contribution in [2.75, 3.05) is 0 Å². The first-order chi connectivity index (χ1) is 11.9. The molecule has 5 saturated carbocycles. The van der Waals surface area contributed by atoms with E-state index in [1.165, 1.54) is 38.5 Å². The Kier molecular flexibility index (Phi) is 3.40. The van der Waals surface area contributed by atoms with Gasteiger partial charge < -0.3 is 10.4 Å². The van der Waals surface area contributed by atoms with Gasteiger partial charge in [-0.1, -0.05) is 12.2 Å². The lowest BCUT2D eigenvalue weighted by molar-refractivity contribution is -0.148. The van der Waals surface area contributed by atoms with Crippen LogP contribution < -0.4 is 5.32 Å². The SMILES string of the molecule is C[C@H](NC(=O)[C@H]1[C@@H](C(=O)O)[C@H]2C=C[C@@H]1C2)C12CC3CC(CC(C3)C1)C2. The van der Waals surface area contributed by atoms with E-state index in [-0.39, 0.29) is 35.1 Å². The zero-order chi connectivity index (χ0) is 17.3. The van der Waals surface area contributed by atoms with Gasteiger partial charge >= 0.3 is 5.97 Å². The second-order valence-electron chi connectivity index (χ2n) is 9.85. The molecular weight excluding hydrogens is 314 g/mol. The first-order valence-corrected chi connectivity index (χ1v) is 10.2. The Morgan fingerprint density at radius 1 is 0.960 bits per heavy atom. The summed E-state index contributed by atoms with van der Waals surface area (Å²) in [5, 5.41) is 12.9. The Labute approximate surface area is 149 Å². The topological polar surface area (TPSA) is 66.4 Å². The monoisotopic (exact) mass is 343 g/mol. The van der Waals surface area contributed by atoms with Crippen LogP contribution in [0.2, 0.25) is 0 Å². The Balaban J connectivity index is 1.33. The Morgan fingerprint density at radius 3 is 2.00 bits per heavy atom. The van der Waals surface area contributed by atoms with Gasteiger partial charge in [0.05, 0.1) is 11.8 Å². The predicted octanol–water partition coefficient (Wildman–Crippen LogP) is 3.23.